The van der Waals surface area contributed by atoms with Crippen LogP contribution in [0.1, 0.15) is 13.3 Å². The van der Waals surface area contributed by atoms with Gasteiger partial charge in [0.05, 0.1) is 54.0 Å². The van der Waals surface area contributed by atoms with Crippen molar-refractivity contribution in [2.24, 2.45) is 10.7 Å². The Morgan fingerprint density at radius 2 is 1.92 bits per heavy atom. The number of halogens is 2. The number of hydrogen-bond acceptors (Lipinski definition) is 8. The molecule has 202 valence electrons. The zero-order valence-electron chi connectivity index (χ0n) is 22.0. The number of rotatable bonds is 11. The fourth-order valence-corrected chi connectivity index (χ4v) is 4.62. The molecule has 0 unspecified atom stereocenters. The van der Waals surface area contributed by atoms with Crippen LogP contribution in [0, 0.1) is 0 Å². The summed E-state index contributed by atoms with van der Waals surface area (Å²) in [4.78, 5) is 9.32. The summed E-state index contributed by atoms with van der Waals surface area (Å²) in [5.74, 6) is 1.58. The third kappa shape index (κ3) is 7.68. The molecular formula is C27H37Cl2N5O3. The number of dihydropyridines is 1. The zero-order valence-corrected chi connectivity index (χ0v) is 23.5. The number of aliphatic imine (C=N–C) groups is 1. The highest BCUT2D eigenvalue weighted by Gasteiger charge is 2.22. The van der Waals surface area contributed by atoms with Crippen LogP contribution in [0.3, 0.4) is 0 Å². The summed E-state index contributed by atoms with van der Waals surface area (Å²) < 4.78 is 17.1. The topological polar surface area (TPSA) is 84.6 Å². The van der Waals surface area contributed by atoms with Crippen LogP contribution in [-0.4, -0.2) is 82.7 Å². The van der Waals surface area contributed by atoms with Crippen molar-refractivity contribution < 1.29 is 14.2 Å². The minimum absolute atomic E-state index is 0.198. The van der Waals surface area contributed by atoms with Gasteiger partial charge in [-0.25, -0.2) is 0 Å². The number of benzene rings is 1. The van der Waals surface area contributed by atoms with E-state index in [2.05, 4.69) is 33.7 Å². The largest absolute Gasteiger partial charge is 0.495 e. The Labute approximate surface area is 230 Å². The van der Waals surface area contributed by atoms with Crippen molar-refractivity contribution in [3.8, 4) is 5.75 Å². The average Bonchev–Trinajstić information content (AvgIpc) is 2.89. The molecule has 2 aliphatic heterocycles. The predicted molar refractivity (Wildman–Crippen MR) is 153 cm³/mol. The Balaban J connectivity index is 1.79. The number of nitrogens with two attached hydrogens (primary N) is 1. The number of nitrogens with zero attached hydrogens (tertiary/aromatic N) is 3. The van der Waals surface area contributed by atoms with Gasteiger partial charge >= 0.3 is 0 Å². The smallest absolute Gasteiger partial charge is 0.161 e. The van der Waals surface area contributed by atoms with Crippen molar-refractivity contribution in [1.29, 1.82) is 0 Å². The standard InChI is InChI=1S/C27H37Cl2N5O3/c1-6-24(37-13-7-8-34-11-9-33(3)10-12-34)26(36-5)14-19-18(2)31-17-22(30)27(19)32-23-16-25(35-4)21(29)15-20(23)28/h6,14-18,32H,1,7-13,30H2,2-5H3/b19-14+,26-24-/t18-/m1/s1. The highest BCUT2D eigenvalue weighted by molar-refractivity contribution is 6.37. The van der Waals surface area contributed by atoms with Crippen LogP contribution in [-0.2, 0) is 9.47 Å². The van der Waals surface area contributed by atoms with E-state index >= 15 is 0 Å². The van der Waals surface area contributed by atoms with Crippen LogP contribution in [0.15, 0.2) is 64.3 Å². The molecule has 1 saturated heterocycles. The summed E-state index contributed by atoms with van der Waals surface area (Å²) in [7, 11) is 5.30. The first-order valence-corrected chi connectivity index (χ1v) is 13.0. The van der Waals surface area contributed by atoms with E-state index < -0.39 is 0 Å². The van der Waals surface area contributed by atoms with E-state index in [4.69, 9.17) is 43.1 Å². The molecule has 0 aromatic heterocycles. The summed E-state index contributed by atoms with van der Waals surface area (Å²) in [5, 5.41) is 4.18. The molecule has 0 spiro atoms. The third-order valence-corrected chi connectivity index (χ3v) is 6.98. The maximum absolute atomic E-state index is 6.46. The summed E-state index contributed by atoms with van der Waals surface area (Å²) >= 11 is 12.7. The van der Waals surface area contributed by atoms with Gasteiger partial charge in [0.15, 0.2) is 11.5 Å². The molecule has 0 aliphatic carbocycles. The van der Waals surface area contributed by atoms with E-state index in [0.29, 0.717) is 51.0 Å². The molecule has 1 aromatic carbocycles. The molecule has 2 heterocycles. The quantitative estimate of drug-likeness (QED) is 0.235. The lowest BCUT2D eigenvalue weighted by Gasteiger charge is -2.32. The number of ether oxygens (including phenoxy) is 3. The number of allylic oxidation sites excluding steroid dienone is 3. The maximum atomic E-state index is 6.46. The zero-order chi connectivity index (χ0) is 26.9. The lowest BCUT2D eigenvalue weighted by atomic mass is 9.99. The van der Waals surface area contributed by atoms with Crippen molar-refractivity contribution in [2.45, 2.75) is 19.4 Å². The van der Waals surface area contributed by atoms with Gasteiger partial charge in [-0.3, -0.25) is 4.99 Å². The third-order valence-electron chi connectivity index (χ3n) is 6.37. The first-order valence-electron chi connectivity index (χ1n) is 12.3. The second-order valence-corrected chi connectivity index (χ2v) is 9.77. The fraction of sp³-hybridized carbons (Fsp3) is 0.444. The number of methoxy groups -OCH3 is 2. The van der Waals surface area contributed by atoms with Gasteiger partial charge in [0.2, 0.25) is 0 Å². The van der Waals surface area contributed by atoms with Gasteiger partial charge < -0.3 is 35.1 Å². The summed E-state index contributed by atoms with van der Waals surface area (Å²) in [6.45, 7) is 11.8. The maximum Gasteiger partial charge on any atom is 0.161 e. The molecule has 37 heavy (non-hydrogen) atoms. The molecule has 8 nitrogen and oxygen atoms in total. The van der Waals surface area contributed by atoms with E-state index in [9.17, 15) is 0 Å². The fourth-order valence-electron chi connectivity index (χ4n) is 4.11. The minimum atomic E-state index is -0.198. The first-order chi connectivity index (χ1) is 17.8. The van der Waals surface area contributed by atoms with E-state index in [1.165, 1.54) is 0 Å². The molecule has 0 bridgehead atoms. The van der Waals surface area contributed by atoms with Gasteiger partial charge in [-0.05, 0) is 38.6 Å². The second-order valence-electron chi connectivity index (χ2n) is 8.96. The molecule has 3 rings (SSSR count). The summed E-state index contributed by atoms with van der Waals surface area (Å²) in [5.41, 5.74) is 8.86. The van der Waals surface area contributed by atoms with Crippen molar-refractivity contribution in [3.63, 3.8) is 0 Å². The number of nitrogens with one attached hydrogen (secondary N) is 1. The second kappa shape index (κ2) is 13.8. The van der Waals surface area contributed by atoms with Crippen LogP contribution >= 0.6 is 23.2 Å². The number of hydrogen-bond donors (Lipinski definition) is 2. The lowest BCUT2D eigenvalue weighted by molar-refractivity contribution is 0.133. The van der Waals surface area contributed by atoms with Crippen molar-refractivity contribution >= 4 is 35.1 Å². The number of piperazine rings is 1. The molecule has 1 fully saturated rings. The van der Waals surface area contributed by atoms with Gasteiger partial charge in [-0.15, -0.1) is 0 Å². The Morgan fingerprint density at radius 1 is 1.19 bits per heavy atom. The Hall–Kier alpha value is -2.65. The SMILES string of the molecule is C=C/C(OCCCN1CCN(C)CC1)=C(\C=C1\C(Nc2cc(OC)c(Cl)cc2Cl)=C(N)C=N[C@@H]1C)OC. The normalized spacial score (nSPS) is 20.6. The number of anilines is 1. The monoisotopic (exact) mass is 549 g/mol. The van der Waals surface area contributed by atoms with Gasteiger partial charge in [-0.1, -0.05) is 29.8 Å². The van der Waals surface area contributed by atoms with Crippen LogP contribution < -0.4 is 15.8 Å². The highest BCUT2D eigenvalue weighted by Crippen LogP contribution is 2.36. The first kappa shape index (κ1) is 28.9. The van der Waals surface area contributed by atoms with Crippen LogP contribution in [0.2, 0.25) is 10.0 Å². The van der Waals surface area contributed by atoms with Crippen LogP contribution in [0.25, 0.3) is 0 Å². The Bertz CT molecular complexity index is 1090. The van der Waals surface area contributed by atoms with E-state index in [1.807, 2.05) is 13.0 Å². The van der Waals surface area contributed by atoms with Gasteiger partial charge in [-0.2, -0.15) is 0 Å². The molecule has 1 aromatic rings. The summed E-state index contributed by atoms with van der Waals surface area (Å²) in [6.07, 6.45) is 6.06. The molecule has 0 saturated carbocycles. The van der Waals surface area contributed by atoms with Gasteiger partial charge in [0, 0.05) is 50.6 Å². The van der Waals surface area contributed by atoms with Gasteiger partial charge in [0.25, 0.3) is 0 Å². The summed E-state index contributed by atoms with van der Waals surface area (Å²) in [6, 6.07) is 3.15. The minimum Gasteiger partial charge on any atom is -0.495 e. The molecule has 0 amide bonds. The Kier molecular flexibility index (Phi) is 10.8. The van der Waals surface area contributed by atoms with Gasteiger partial charge in [0.1, 0.15) is 5.75 Å². The molecule has 1 atom stereocenters. The van der Waals surface area contributed by atoms with Crippen molar-refractivity contribution in [3.05, 3.63) is 69.4 Å². The van der Waals surface area contributed by atoms with E-state index in [0.717, 1.165) is 44.7 Å². The molecule has 0 radical (unpaired) electrons. The predicted octanol–water partition coefficient (Wildman–Crippen LogP) is 4.68. The van der Waals surface area contributed by atoms with Crippen LogP contribution in [0.4, 0.5) is 5.69 Å². The van der Waals surface area contributed by atoms with Crippen molar-refractivity contribution in [1.82, 2.24) is 9.80 Å². The van der Waals surface area contributed by atoms with E-state index in [1.54, 1.807) is 38.6 Å². The number of likely N-dealkylation sites (N-methyl/N-ethyl adjacent to an activating group) is 1. The van der Waals surface area contributed by atoms with Crippen molar-refractivity contribution in [2.75, 3.05) is 65.9 Å². The average molecular weight is 551 g/mol. The molecule has 2 aliphatic rings. The Morgan fingerprint density at radius 3 is 2.57 bits per heavy atom. The molecule has 10 heteroatoms. The highest BCUT2D eigenvalue weighted by atomic mass is 35.5. The lowest BCUT2D eigenvalue weighted by Crippen LogP contribution is -2.44. The van der Waals surface area contributed by atoms with E-state index in [-0.39, 0.29) is 6.04 Å². The molecular weight excluding hydrogens is 513 g/mol. The molecule has 3 N–H and O–H groups in total. The van der Waals surface area contributed by atoms with Crippen LogP contribution in [0.5, 0.6) is 5.75 Å².